The van der Waals surface area contributed by atoms with Crippen molar-refractivity contribution in [1.29, 1.82) is 0 Å². The van der Waals surface area contributed by atoms with Crippen LogP contribution in [0.3, 0.4) is 0 Å². The molecule has 1 atom stereocenters. The minimum Gasteiger partial charge on any atom is -0.373 e. The molecule has 0 saturated carbocycles. The van der Waals surface area contributed by atoms with E-state index in [0.717, 1.165) is 25.9 Å². The van der Waals surface area contributed by atoms with Gasteiger partial charge in [0.1, 0.15) is 6.79 Å². The molecule has 0 aromatic carbocycles. The Labute approximate surface area is 96.9 Å². The molecule has 1 unspecified atom stereocenters. The third-order valence-electron chi connectivity index (χ3n) is 2.31. The molecule has 0 radical (unpaired) electrons. The van der Waals surface area contributed by atoms with Gasteiger partial charge in [0, 0.05) is 20.8 Å². The van der Waals surface area contributed by atoms with Crippen LogP contribution in [-0.4, -0.2) is 54.2 Å². The zero-order valence-electron chi connectivity index (χ0n) is 9.81. The van der Waals surface area contributed by atoms with E-state index in [1.54, 1.807) is 0 Å². The lowest BCUT2D eigenvalue weighted by Gasteiger charge is -2.18. The van der Waals surface area contributed by atoms with E-state index in [1.165, 1.54) is 14.2 Å². The fourth-order valence-electron chi connectivity index (χ4n) is 1.19. The summed E-state index contributed by atoms with van der Waals surface area (Å²) in [4.78, 5) is 9.49. The molecule has 1 aliphatic heterocycles. The lowest BCUT2D eigenvalue weighted by Crippen LogP contribution is -2.44. The quantitative estimate of drug-likeness (QED) is 0.260. The van der Waals surface area contributed by atoms with Crippen molar-refractivity contribution < 1.29 is 27.5 Å². The highest BCUT2D eigenvalue weighted by molar-refractivity contribution is 6.51. The van der Waals surface area contributed by atoms with Gasteiger partial charge in [-0.25, -0.2) is 0 Å². The fourth-order valence-corrected chi connectivity index (χ4v) is 1.82. The van der Waals surface area contributed by atoms with E-state index >= 15 is 0 Å². The van der Waals surface area contributed by atoms with E-state index < -0.39 is 9.05 Å². The molecule has 7 heteroatoms. The Morgan fingerprint density at radius 1 is 1.31 bits per heavy atom. The van der Waals surface area contributed by atoms with Gasteiger partial charge in [-0.3, -0.25) is 0 Å². The minimum absolute atomic E-state index is 0.00959. The third-order valence-corrected chi connectivity index (χ3v) is 3.82. The van der Waals surface area contributed by atoms with Gasteiger partial charge in [-0.1, -0.05) is 0 Å². The third kappa shape index (κ3) is 5.90. The molecule has 0 amide bonds. The summed E-state index contributed by atoms with van der Waals surface area (Å²) in [6, 6.07) is 0. The Morgan fingerprint density at radius 2 is 2.00 bits per heavy atom. The van der Waals surface area contributed by atoms with Gasteiger partial charge in [-0.15, -0.1) is 0 Å². The Bertz CT molecular complexity index is 183. The van der Waals surface area contributed by atoms with Gasteiger partial charge in [-0.2, -0.15) is 0 Å². The number of hydrogen-bond acceptors (Lipinski definition) is 6. The SMILES string of the molecule is CO[Si](O)(OC)OCOCCCCC1CO1. The van der Waals surface area contributed by atoms with Gasteiger partial charge in [-0.05, 0) is 19.3 Å². The molecule has 1 saturated heterocycles. The maximum atomic E-state index is 9.49. The monoisotopic (exact) mass is 252 g/mol. The number of unbranched alkanes of at least 4 members (excludes halogenated alkanes) is 1. The molecule has 0 spiro atoms. The van der Waals surface area contributed by atoms with E-state index in [9.17, 15) is 4.80 Å². The summed E-state index contributed by atoms with van der Waals surface area (Å²) in [5.74, 6) is 0. The van der Waals surface area contributed by atoms with E-state index in [4.69, 9.17) is 22.8 Å². The number of rotatable bonds is 10. The van der Waals surface area contributed by atoms with Crippen LogP contribution in [0.1, 0.15) is 19.3 Å². The number of epoxide rings is 1. The first-order valence-corrected chi connectivity index (χ1v) is 7.03. The zero-order chi connectivity index (χ0) is 11.9. The normalized spacial score (nSPS) is 20.1. The van der Waals surface area contributed by atoms with Crippen LogP contribution in [0.25, 0.3) is 0 Å². The Hall–Kier alpha value is -0.0231. The Balaban J connectivity index is 1.86. The molecule has 96 valence electrons. The van der Waals surface area contributed by atoms with Gasteiger partial charge in [0.2, 0.25) is 0 Å². The minimum atomic E-state index is -3.42. The second kappa shape index (κ2) is 7.33. The van der Waals surface area contributed by atoms with Gasteiger partial charge >= 0.3 is 9.05 Å². The van der Waals surface area contributed by atoms with Crippen molar-refractivity contribution in [1.82, 2.24) is 0 Å². The Kier molecular flexibility index (Phi) is 6.43. The molecule has 1 aliphatic rings. The maximum absolute atomic E-state index is 9.49. The van der Waals surface area contributed by atoms with Crippen molar-refractivity contribution in [2.75, 3.05) is 34.2 Å². The lowest BCUT2D eigenvalue weighted by molar-refractivity contribution is -0.0651. The summed E-state index contributed by atoms with van der Waals surface area (Å²) in [6.07, 6.45) is 3.62. The summed E-state index contributed by atoms with van der Waals surface area (Å²) in [5.41, 5.74) is 0. The average Bonchev–Trinajstić information content (AvgIpc) is 3.11. The zero-order valence-corrected chi connectivity index (χ0v) is 10.8. The molecule has 1 heterocycles. The highest BCUT2D eigenvalue weighted by Crippen LogP contribution is 2.16. The average molecular weight is 252 g/mol. The summed E-state index contributed by atoms with van der Waals surface area (Å²) in [7, 11) is -0.741. The van der Waals surface area contributed by atoms with Gasteiger partial charge in [0.25, 0.3) is 0 Å². The predicted octanol–water partition coefficient (Wildman–Crippen LogP) is 0.267. The van der Waals surface area contributed by atoms with Crippen LogP contribution in [-0.2, 0) is 22.8 Å². The van der Waals surface area contributed by atoms with Crippen LogP contribution in [0, 0.1) is 0 Å². The highest BCUT2D eigenvalue weighted by atomic mass is 28.4. The molecule has 0 bridgehead atoms. The molecule has 16 heavy (non-hydrogen) atoms. The fraction of sp³-hybridized carbons (Fsp3) is 1.00. The molecular weight excluding hydrogens is 232 g/mol. The van der Waals surface area contributed by atoms with E-state index in [2.05, 4.69) is 0 Å². The van der Waals surface area contributed by atoms with Crippen molar-refractivity contribution in [3.8, 4) is 0 Å². The smallest absolute Gasteiger partial charge is 0.373 e. The first kappa shape index (κ1) is 14.0. The molecule has 0 aromatic heterocycles. The molecule has 0 aromatic rings. The Morgan fingerprint density at radius 3 is 2.56 bits per heavy atom. The van der Waals surface area contributed by atoms with Crippen LogP contribution in [0.2, 0.25) is 0 Å². The second-order valence-corrected chi connectivity index (χ2v) is 5.71. The second-order valence-electron chi connectivity index (χ2n) is 3.55. The highest BCUT2D eigenvalue weighted by Gasteiger charge is 2.38. The number of ether oxygens (including phenoxy) is 2. The van der Waals surface area contributed by atoms with Crippen LogP contribution in [0.4, 0.5) is 0 Å². The van der Waals surface area contributed by atoms with Gasteiger partial charge in [0.15, 0.2) is 0 Å². The number of hydrogen-bond donors (Lipinski definition) is 1. The first-order valence-electron chi connectivity index (χ1n) is 5.36. The molecule has 6 nitrogen and oxygen atoms in total. The largest absolute Gasteiger partial charge is 0.678 e. The standard InChI is InChI=1S/C9H20O6Si/c1-11-16(10,12-2)15-8-13-6-4-3-5-9-7-14-9/h9-10H,3-8H2,1-2H3. The van der Waals surface area contributed by atoms with Crippen LogP contribution in [0.5, 0.6) is 0 Å². The summed E-state index contributed by atoms with van der Waals surface area (Å²) < 4.78 is 24.7. The summed E-state index contributed by atoms with van der Waals surface area (Å²) in [6.45, 7) is 1.50. The molecule has 1 fully saturated rings. The van der Waals surface area contributed by atoms with Crippen LogP contribution in [0.15, 0.2) is 0 Å². The molecule has 1 rings (SSSR count). The first-order chi connectivity index (χ1) is 7.70. The lowest BCUT2D eigenvalue weighted by atomic mass is 10.2. The van der Waals surface area contributed by atoms with Crippen LogP contribution >= 0.6 is 0 Å². The molecule has 0 aliphatic carbocycles. The van der Waals surface area contributed by atoms with E-state index in [-0.39, 0.29) is 6.79 Å². The van der Waals surface area contributed by atoms with Crippen molar-refractivity contribution >= 4 is 9.05 Å². The molecular formula is C9H20O6Si. The van der Waals surface area contributed by atoms with Crippen molar-refractivity contribution in [3.63, 3.8) is 0 Å². The van der Waals surface area contributed by atoms with Crippen molar-refractivity contribution in [2.45, 2.75) is 25.4 Å². The predicted molar refractivity (Wildman–Crippen MR) is 57.5 cm³/mol. The maximum Gasteiger partial charge on any atom is 0.678 e. The van der Waals surface area contributed by atoms with E-state index in [1.807, 2.05) is 0 Å². The van der Waals surface area contributed by atoms with E-state index in [0.29, 0.717) is 12.7 Å². The van der Waals surface area contributed by atoms with Crippen molar-refractivity contribution in [2.24, 2.45) is 0 Å². The van der Waals surface area contributed by atoms with Gasteiger partial charge < -0.3 is 27.5 Å². The van der Waals surface area contributed by atoms with Crippen molar-refractivity contribution in [3.05, 3.63) is 0 Å². The van der Waals surface area contributed by atoms with Crippen LogP contribution < -0.4 is 0 Å². The summed E-state index contributed by atoms with van der Waals surface area (Å²) >= 11 is 0. The topological polar surface area (TPSA) is 69.7 Å². The van der Waals surface area contributed by atoms with Gasteiger partial charge in [0.05, 0.1) is 12.7 Å². The molecule has 1 N–H and O–H groups in total. The summed E-state index contributed by atoms with van der Waals surface area (Å²) in [5, 5.41) is 0.